The van der Waals surface area contributed by atoms with Gasteiger partial charge < -0.3 is 0 Å². The molecule has 0 radical (unpaired) electrons. The van der Waals surface area contributed by atoms with E-state index in [1.54, 1.807) is 0 Å². The molecule has 0 aliphatic heterocycles. The number of benzene rings is 1. The summed E-state index contributed by atoms with van der Waals surface area (Å²) >= 11 is 0. The summed E-state index contributed by atoms with van der Waals surface area (Å²) in [5, 5.41) is 0. The summed E-state index contributed by atoms with van der Waals surface area (Å²) in [6.45, 7) is 5.84. The standard InChI is InChI=1S/C17H22OS/c1-3-4-7-15-8-5-6-9-17(15)19(18)16-12-10-14(2)11-13-16/h3,10-13H,1,4-9H2,2H3. The Kier molecular flexibility index (Phi) is 5.15. The van der Waals surface area contributed by atoms with Crippen LogP contribution in [0.25, 0.3) is 0 Å². The van der Waals surface area contributed by atoms with E-state index in [0.29, 0.717) is 0 Å². The maximum atomic E-state index is 12.7. The van der Waals surface area contributed by atoms with E-state index in [1.165, 1.54) is 28.9 Å². The second-order valence-corrected chi connectivity index (χ2v) is 6.64. The lowest BCUT2D eigenvalue weighted by Gasteiger charge is -2.19. The molecule has 1 unspecified atom stereocenters. The zero-order chi connectivity index (χ0) is 13.7. The normalized spacial score (nSPS) is 17.3. The monoisotopic (exact) mass is 274 g/mol. The van der Waals surface area contributed by atoms with Gasteiger partial charge in [0.2, 0.25) is 0 Å². The second-order valence-electron chi connectivity index (χ2n) is 5.14. The van der Waals surface area contributed by atoms with Gasteiger partial charge in [-0.15, -0.1) is 6.58 Å². The quantitative estimate of drug-likeness (QED) is 0.698. The maximum Gasteiger partial charge on any atom is 0.0807 e. The van der Waals surface area contributed by atoms with Crippen LogP contribution in [-0.4, -0.2) is 4.21 Å². The van der Waals surface area contributed by atoms with Crippen molar-refractivity contribution in [2.75, 3.05) is 0 Å². The number of rotatable bonds is 5. The Morgan fingerprint density at radius 1 is 1.21 bits per heavy atom. The van der Waals surface area contributed by atoms with E-state index < -0.39 is 10.8 Å². The number of hydrogen-bond donors (Lipinski definition) is 0. The predicted molar refractivity (Wildman–Crippen MR) is 82.5 cm³/mol. The highest BCUT2D eigenvalue weighted by Gasteiger charge is 2.18. The lowest BCUT2D eigenvalue weighted by molar-refractivity contribution is 0.652. The zero-order valence-corrected chi connectivity index (χ0v) is 12.5. The van der Waals surface area contributed by atoms with Crippen molar-refractivity contribution < 1.29 is 4.21 Å². The average Bonchev–Trinajstić information content (AvgIpc) is 2.45. The molecule has 0 aromatic heterocycles. The molecule has 1 aliphatic rings. The highest BCUT2D eigenvalue weighted by atomic mass is 32.2. The zero-order valence-electron chi connectivity index (χ0n) is 11.7. The SMILES string of the molecule is C=CCCC1=C(S(=O)c2ccc(C)cc2)CCCC1. The molecule has 1 aliphatic carbocycles. The van der Waals surface area contributed by atoms with Crippen LogP contribution in [0.15, 0.2) is 52.3 Å². The lowest BCUT2D eigenvalue weighted by atomic mass is 9.96. The summed E-state index contributed by atoms with van der Waals surface area (Å²) < 4.78 is 12.7. The summed E-state index contributed by atoms with van der Waals surface area (Å²) in [5.41, 5.74) is 2.62. The molecule has 0 bridgehead atoms. The van der Waals surface area contributed by atoms with Gasteiger partial charge >= 0.3 is 0 Å². The number of allylic oxidation sites excluding steroid dienone is 3. The highest BCUT2D eigenvalue weighted by molar-refractivity contribution is 7.89. The van der Waals surface area contributed by atoms with Gasteiger partial charge in [0, 0.05) is 9.80 Å². The van der Waals surface area contributed by atoms with Crippen LogP contribution in [0.1, 0.15) is 44.1 Å². The Bertz CT molecular complexity index is 496. The third-order valence-corrected chi connectivity index (χ3v) is 5.28. The first-order valence-electron chi connectivity index (χ1n) is 7.02. The van der Waals surface area contributed by atoms with Gasteiger partial charge in [-0.05, 0) is 57.6 Å². The molecule has 1 nitrogen and oxygen atoms in total. The van der Waals surface area contributed by atoms with Crippen molar-refractivity contribution in [3.05, 3.63) is 53.0 Å². The van der Waals surface area contributed by atoms with Crippen LogP contribution < -0.4 is 0 Å². The minimum absolute atomic E-state index is 0.943. The molecule has 0 fully saturated rings. The van der Waals surface area contributed by atoms with Crippen LogP contribution >= 0.6 is 0 Å². The third kappa shape index (κ3) is 3.66. The number of hydrogen-bond acceptors (Lipinski definition) is 1. The minimum atomic E-state index is -0.966. The van der Waals surface area contributed by atoms with Crippen LogP contribution in [0.5, 0.6) is 0 Å². The van der Waals surface area contributed by atoms with Crippen LogP contribution in [0.3, 0.4) is 0 Å². The number of aryl methyl sites for hydroxylation is 1. The van der Waals surface area contributed by atoms with E-state index >= 15 is 0 Å². The lowest BCUT2D eigenvalue weighted by Crippen LogP contribution is -2.06. The molecule has 0 amide bonds. The molecular formula is C17H22OS. The van der Waals surface area contributed by atoms with Gasteiger partial charge in [0.25, 0.3) is 0 Å². The molecule has 0 saturated carbocycles. The summed E-state index contributed by atoms with van der Waals surface area (Å²) in [6, 6.07) is 8.08. The van der Waals surface area contributed by atoms with Gasteiger partial charge in [0.15, 0.2) is 0 Å². The molecule has 0 N–H and O–H groups in total. The van der Waals surface area contributed by atoms with E-state index in [1.807, 2.05) is 30.3 Å². The van der Waals surface area contributed by atoms with Gasteiger partial charge in [-0.3, -0.25) is 0 Å². The second kappa shape index (κ2) is 6.85. The Morgan fingerprint density at radius 3 is 2.58 bits per heavy atom. The van der Waals surface area contributed by atoms with Gasteiger partial charge in [-0.2, -0.15) is 0 Å². The van der Waals surface area contributed by atoms with E-state index in [-0.39, 0.29) is 0 Å². The molecule has 1 aromatic carbocycles. The molecule has 102 valence electrons. The minimum Gasteiger partial charge on any atom is -0.249 e. The Labute approximate surface area is 118 Å². The van der Waals surface area contributed by atoms with Gasteiger partial charge in [-0.25, -0.2) is 4.21 Å². The fourth-order valence-corrected chi connectivity index (χ4v) is 3.97. The molecule has 2 heteroatoms. The van der Waals surface area contributed by atoms with E-state index in [4.69, 9.17) is 0 Å². The molecule has 1 atom stereocenters. The van der Waals surface area contributed by atoms with Crippen molar-refractivity contribution in [1.29, 1.82) is 0 Å². The van der Waals surface area contributed by atoms with Crippen molar-refractivity contribution in [3.63, 3.8) is 0 Å². The van der Waals surface area contributed by atoms with Gasteiger partial charge in [0.1, 0.15) is 0 Å². The smallest absolute Gasteiger partial charge is 0.0807 e. The Morgan fingerprint density at radius 2 is 1.89 bits per heavy atom. The van der Waals surface area contributed by atoms with Crippen molar-refractivity contribution in [2.24, 2.45) is 0 Å². The largest absolute Gasteiger partial charge is 0.249 e. The first-order valence-corrected chi connectivity index (χ1v) is 8.17. The summed E-state index contributed by atoms with van der Waals surface area (Å²) in [4.78, 5) is 2.12. The maximum absolute atomic E-state index is 12.7. The van der Waals surface area contributed by atoms with Crippen LogP contribution in [0, 0.1) is 6.92 Å². The van der Waals surface area contributed by atoms with E-state index in [2.05, 4.69) is 13.5 Å². The molecule has 1 aromatic rings. The molecule has 0 heterocycles. The molecule has 2 rings (SSSR count). The topological polar surface area (TPSA) is 17.1 Å². The third-order valence-electron chi connectivity index (χ3n) is 3.64. The highest BCUT2D eigenvalue weighted by Crippen LogP contribution is 2.32. The van der Waals surface area contributed by atoms with Gasteiger partial charge in [0.05, 0.1) is 10.8 Å². The molecule has 0 spiro atoms. The molecular weight excluding hydrogens is 252 g/mol. The molecule has 19 heavy (non-hydrogen) atoms. The summed E-state index contributed by atoms with van der Waals surface area (Å²) in [6.07, 6.45) is 8.48. The van der Waals surface area contributed by atoms with E-state index in [0.717, 1.165) is 30.6 Å². The van der Waals surface area contributed by atoms with Gasteiger partial charge in [-0.1, -0.05) is 29.3 Å². The Hall–Kier alpha value is -1.15. The van der Waals surface area contributed by atoms with Crippen molar-refractivity contribution in [1.82, 2.24) is 0 Å². The first-order chi connectivity index (χ1) is 9.22. The first kappa shape index (κ1) is 14.3. The Balaban J connectivity index is 2.25. The van der Waals surface area contributed by atoms with E-state index in [9.17, 15) is 4.21 Å². The molecule has 0 saturated heterocycles. The average molecular weight is 274 g/mol. The fraction of sp³-hybridized carbons (Fsp3) is 0.412. The van der Waals surface area contributed by atoms with Crippen molar-refractivity contribution in [3.8, 4) is 0 Å². The summed E-state index contributed by atoms with van der Waals surface area (Å²) in [7, 11) is -0.966. The van der Waals surface area contributed by atoms with Crippen LogP contribution in [-0.2, 0) is 10.8 Å². The van der Waals surface area contributed by atoms with Crippen molar-refractivity contribution >= 4 is 10.8 Å². The fourth-order valence-electron chi connectivity index (χ4n) is 2.51. The van der Waals surface area contributed by atoms with Crippen molar-refractivity contribution in [2.45, 2.75) is 50.3 Å². The predicted octanol–water partition coefficient (Wildman–Crippen LogP) is 4.90. The summed E-state index contributed by atoms with van der Waals surface area (Å²) in [5.74, 6) is 0. The van der Waals surface area contributed by atoms with Crippen LogP contribution in [0.2, 0.25) is 0 Å². The van der Waals surface area contributed by atoms with Crippen LogP contribution in [0.4, 0.5) is 0 Å².